The third-order valence-corrected chi connectivity index (χ3v) is 7.19. The van der Waals surface area contributed by atoms with E-state index in [0.29, 0.717) is 50.0 Å². The van der Waals surface area contributed by atoms with Crippen LogP contribution < -0.4 is 10.6 Å². The third kappa shape index (κ3) is 13.6. The van der Waals surface area contributed by atoms with Gasteiger partial charge in [-0.05, 0) is 117 Å². The van der Waals surface area contributed by atoms with Gasteiger partial charge >= 0.3 is 18.3 Å². The van der Waals surface area contributed by atoms with Gasteiger partial charge in [0.25, 0.3) is 0 Å². The molecular formula is C35H52ClN5O6. The molecule has 47 heavy (non-hydrogen) atoms. The number of carbonyl (C=O) groups excluding carboxylic acids is 3. The fourth-order valence-corrected chi connectivity index (χ4v) is 5.25. The maximum absolute atomic E-state index is 13.2. The first-order valence-electron chi connectivity index (χ1n) is 16.1. The Balaban J connectivity index is 1.77. The van der Waals surface area contributed by atoms with Crippen molar-refractivity contribution in [3.05, 3.63) is 58.2 Å². The van der Waals surface area contributed by atoms with E-state index in [0.717, 1.165) is 16.8 Å². The van der Waals surface area contributed by atoms with Crippen LogP contribution in [0.1, 0.15) is 79.1 Å². The highest BCUT2D eigenvalue weighted by molar-refractivity contribution is 6.30. The van der Waals surface area contributed by atoms with E-state index < -0.39 is 29.0 Å². The Morgan fingerprint density at radius 2 is 1.53 bits per heavy atom. The number of halogens is 1. The molecule has 2 aromatic rings. The number of rotatable bonds is 9. The van der Waals surface area contributed by atoms with E-state index in [-0.39, 0.29) is 18.1 Å². The number of nitrogens with one attached hydrogen (secondary N) is 2. The second kappa shape index (κ2) is 15.6. The Bertz CT molecular complexity index is 1380. The van der Waals surface area contributed by atoms with E-state index in [1.165, 1.54) is 0 Å². The molecule has 1 aromatic carbocycles. The van der Waals surface area contributed by atoms with Gasteiger partial charge in [-0.1, -0.05) is 23.7 Å². The standard InChI is InChI=1S/C35H52ClN5O6/c1-23-17-27(38-29(18-23)39-30(42)45-33(2,3)4)19-25-21-41(32(44)47-35(8,9)10)22-28(25)37-15-16-40(31(43)46-34(5,6)7)20-24-11-13-26(36)14-12-24/h11-14,17-18,25,28,37H,15-16,19-22H2,1-10H3,(H,38,39,42)/t25-,28-/m0/s1. The van der Waals surface area contributed by atoms with E-state index in [1.54, 1.807) is 48.8 Å². The summed E-state index contributed by atoms with van der Waals surface area (Å²) in [5.74, 6) is 0.383. The Labute approximate surface area is 284 Å². The van der Waals surface area contributed by atoms with E-state index in [9.17, 15) is 14.4 Å². The Morgan fingerprint density at radius 3 is 2.13 bits per heavy atom. The first kappa shape index (κ1) is 37.9. The zero-order valence-corrected chi connectivity index (χ0v) is 30.3. The minimum Gasteiger partial charge on any atom is -0.444 e. The smallest absolute Gasteiger partial charge is 0.413 e. The summed E-state index contributed by atoms with van der Waals surface area (Å²) >= 11 is 6.08. The molecule has 0 aliphatic carbocycles. The zero-order valence-electron chi connectivity index (χ0n) is 29.5. The number of anilines is 1. The average molecular weight is 674 g/mol. The third-order valence-electron chi connectivity index (χ3n) is 6.94. The SMILES string of the molecule is Cc1cc(C[C@H]2CN(C(=O)OC(C)(C)C)C[C@@H]2NCCN(Cc2ccc(Cl)cc2)C(=O)OC(C)(C)C)nc(NC(=O)OC(C)(C)C)c1. The minimum absolute atomic E-state index is 0.0163. The molecule has 1 saturated heterocycles. The summed E-state index contributed by atoms with van der Waals surface area (Å²) < 4.78 is 16.8. The van der Waals surface area contributed by atoms with Gasteiger partial charge in [-0.15, -0.1) is 0 Å². The van der Waals surface area contributed by atoms with E-state index >= 15 is 0 Å². The van der Waals surface area contributed by atoms with Crippen LogP contribution in [0, 0.1) is 12.8 Å². The molecule has 3 amide bonds. The summed E-state index contributed by atoms with van der Waals surface area (Å²) in [6.45, 7) is 20.5. The first-order chi connectivity index (χ1) is 21.7. The van der Waals surface area contributed by atoms with E-state index in [1.807, 2.05) is 66.7 Å². The monoisotopic (exact) mass is 673 g/mol. The van der Waals surface area contributed by atoms with Crippen molar-refractivity contribution in [1.82, 2.24) is 20.1 Å². The second-order valence-electron chi connectivity index (χ2n) is 15.1. The van der Waals surface area contributed by atoms with Crippen LogP contribution in [0.5, 0.6) is 0 Å². The van der Waals surface area contributed by atoms with Crippen LogP contribution >= 0.6 is 11.6 Å². The number of likely N-dealkylation sites (tertiary alicyclic amines) is 1. The number of amides is 3. The number of benzene rings is 1. The average Bonchev–Trinajstić information content (AvgIpc) is 3.28. The van der Waals surface area contributed by atoms with Crippen molar-refractivity contribution in [1.29, 1.82) is 0 Å². The molecule has 1 aromatic heterocycles. The van der Waals surface area contributed by atoms with Gasteiger partial charge in [-0.3, -0.25) is 5.32 Å². The largest absolute Gasteiger partial charge is 0.444 e. The van der Waals surface area contributed by atoms with Crippen molar-refractivity contribution >= 4 is 35.7 Å². The van der Waals surface area contributed by atoms with Gasteiger partial charge in [-0.25, -0.2) is 19.4 Å². The lowest BCUT2D eigenvalue weighted by Crippen LogP contribution is -2.44. The van der Waals surface area contributed by atoms with Crippen molar-refractivity contribution < 1.29 is 28.6 Å². The van der Waals surface area contributed by atoms with Crippen LogP contribution in [0.25, 0.3) is 0 Å². The summed E-state index contributed by atoms with van der Waals surface area (Å²) in [5.41, 5.74) is 0.716. The van der Waals surface area contributed by atoms with Crippen LogP contribution in [-0.4, -0.2) is 82.1 Å². The number of carbonyl (C=O) groups is 3. The molecule has 1 fully saturated rings. The van der Waals surface area contributed by atoms with Gasteiger partial charge in [0.2, 0.25) is 0 Å². The summed E-state index contributed by atoms with van der Waals surface area (Å²) in [6.07, 6.45) is -0.829. The number of nitrogens with zero attached hydrogens (tertiary/aromatic N) is 3. The number of hydrogen-bond acceptors (Lipinski definition) is 8. The van der Waals surface area contributed by atoms with Crippen molar-refractivity contribution in [3.63, 3.8) is 0 Å². The summed E-state index contributed by atoms with van der Waals surface area (Å²) in [4.78, 5) is 46.8. The van der Waals surface area contributed by atoms with Gasteiger partial charge in [0.05, 0.1) is 0 Å². The van der Waals surface area contributed by atoms with Crippen LogP contribution in [0.2, 0.25) is 5.02 Å². The van der Waals surface area contributed by atoms with Crippen molar-refractivity contribution in [2.24, 2.45) is 5.92 Å². The maximum atomic E-state index is 13.2. The molecule has 260 valence electrons. The first-order valence-corrected chi connectivity index (χ1v) is 16.4. The molecule has 1 aliphatic heterocycles. The molecule has 0 spiro atoms. The molecule has 11 nitrogen and oxygen atoms in total. The highest BCUT2D eigenvalue weighted by atomic mass is 35.5. The van der Waals surface area contributed by atoms with E-state index in [2.05, 4.69) is 10.6 Å². The van der Waals surface area contributed by atoms with Gasteiger partial charge in [0.1, 0.15) is 22.6 Å². The molecule has 0 radical (unpaired) electrons. The number of hydrogen-bond donors (Lipinski definition) is 2. The molecular weight excluding hydrogens is 622 g/mol. The number of ether oxygens (including phenoxy) is 3. The zero-order chi connectivity index (χ0) is 35.2. The predicted octanol–water partition coefficient (Wildman–Crippen LogP) is 7.20. The molecule has 2 N–H and O–H groups in total. The second-order valence-corrected chi connectivity index (χ2v) is 15.5. The Kier molecular flexibility index (Phi) is 12.5. The fraction of sp³-hybridized carbons (Fsp3) is 0.600. The normalized spacial score (nSPS) is 16.9. The van der Waals surface area contributed by atoms with Gasteiger partial charge in [0.15, 0.2) is 0 Å². The van der Waals surface area contributed by atoms with E-state index in [4.69, 9.17) is 30.8 Å². The van der Waals surface area contributed by atoms with Gasteiger partial charge in [-0.2, -0.15) is 0 Å². The number of aromatic nitrogens is 1. The van der Waals surface area contributed by atoms with Crippen LogP contribution in [-0.2, 0) is 27.2 Å². The lowest BCUT2D eigenvalue weighted by atomic mass is 9.97. The van der Waals surface area contributed by atoms with Crippen LogP contribution in [0.4, 0.5) is 20.2 Å². The van der Waals surface area contributed by atoms with Gasteiger partial charge in [0, 0.05) is 49.5 Å². The molecule has 0 unspecified atom stereocenters. The topological polar surface area (TPSA) is 122 Å². The molecule has 3 rings (SSSR count). The highest BCUT2D eigenvalue weighted by Crippen LogP contribution is 2.25. The minimum atomic E-state index is -0.648. The van der Waals surface area contributed by atoms with Crippen molar-refractivity contribution in [2.45, 2.75) is 105 Å². The molecule has 12 heteroatoms. The summed E-state index contributed by atoms with van der Waals surface area (Å²) in [7, 11) is 0. The van der Waals surface area contributed by atoms with Crippen molar-refractivity contribution in [3.8, 4) is 0 Å². The van der Waals surface area contributed by atoms with Gasteiger partial charge < -0.3 is 29.3 Å². The lowest BCUT2D eigenvalue weighted by Gasteiger charge is -2.28. The van der Waals surface area contributed by atoms with Crippen LogP contribution in [0.3, 0.4) is 0 Å². The fourth-order valence-electron chi connectivity index (χ4n) is 5.13. The molecule has 1 aliphatic rings. The predicted molar refractivity (Wildman–Crippen MR) is 184 cm³/mol. The molecule has 2 atom stereocenters. The summed E-state index contributed by atoms with van der Waals surface area (Å²) in [5, 5.41) is 6.95. The van der Waals surface area contributed by atoms with Crippen LogP contribution in [0.15, 0.2) is 36.4 Å². The summed E-state index contributed by atoms with van der Waals surface area (Å²) in [6, 6.07) is 11.0. The number of aryl methyl sites for hydroxylation is 1. The number of pyridine rings is 1. The Hall–Kier alpha value is -3.57. The lowest BCUT2D eigenvalue weighted by molar-refractivity contribution is 0.0233. The highest BCUT2D eigenvalue weighted by Gasteiger charge is 2.37. The molecule has 0 saturated carbocycles. The Morgan fingerprint density at radius 1 is 0.915 bits per heavy atom. The van der Waals surface area contributed by atoms with Crippen molar-refractivity contribution in [2.75, 3.05) is 31.5 Å². The molecule has 0 bridgehead atoms. The quantitative estimate of drug-likeness (QED) is 0.268. The molecule has 2 heterocycles. The maximum Gasteiger partial charge on any atom is 0.413 e.